The van der Waals surface area contributed by atoms with Crippen LogP contribution in [-0.4, -0.2) is 31.6 Å². The number of nitrogen functional groups attached to an aromatic ring is 1. The van der Waals surface area contributed by atoms with Crippen molar-refractivity contribution in [1.82, 2.24) is 4.90 Å². The first kappa shape index (κ1) is 23.6. The van der Waals surface area contributed by atoms with E-state index in [9.17, 15) is 0 Å². The van der Waals surface area contributed by atoms with Crippen LogP contribution < -0.4 is 10.5 Å². The Morgan fingerprint density at radius 1 is 1.15 bits per heavy atom. The Kier molecular flexibility index (Phi) is 10.00. The SMILES string of the molecule is CCOc1ccc2c(c1)CCCC2CN(C)CCc1cccc(N)c1.Cl.Cl. The maximum atomic E-state index is 5.88. The smallest absolute Gasteiger partial charge is 0.119 e. The Bertz CT molecular complexity index is 708. The van der Waals surface area contributed by atoms with Crippen LogP contribution in [0, 0.1) is 0 Å². The molecule has 0 saturated heterocycles. The van der Waals surface area contributed by atoms with Gasteiger partial charge in [0.25, 0.3) is 0 Å². The molecular weight excluding hydrogens is 379 g/mol. The highest BCUT2D eigenvalue weighted by atomic mass is 35.5. The average Bonchev–Trinajstić information content (AvgIpc) is 2.60. The van der Waals surface area contributed by atoms with Gasteiger partial charge >= 0.3 is 0 Å². The Morgan fingerprint density at radius 2 is 1.96 bits per heavy atom. The second-order valence-corrected chi connectivity index (χ2v) is 7.14. The van der Waals surface area contributed by atoms with Gasteiger partial charge in [-0.25, -0.2) is 0 Å². The largest absolute Gasteiger partial charge is 0.494 e. The van der Waals surface area contributed by atoms with E-state index in [-0.39, 0.29) is 24.8 Å². The number of anilines is 1. The third-order valence-electron chi connectivity index (χ3n) is 5.13. The summed E-state index contributed by atoms with van der Waals surface area (Å²) in [5.41, 5.74) is 11.0. The first-order valence-electron chi connectivity index (χ1n) is 9.44. The van der Waals surface area contributed by atoms with Crippen LogP contribution >= 0.6 is 24.8 Å². The second kappa shape index (κ2) is 11.4. The minimum absolute atomic E-state index is 0. The monoisotopic (exact) mass is 410 g/mol. The Morgan fingerprint density at radius 3 is 2.70 bits per heavy atom. The van der Waals surface area contributed by atoms with E-state index in [2.05, 4.69) is 42.3 Å². The van der Waals surface area contributed by atoms with E-state index in [1.54, 1.807) is 0 Å². The number of ether oxygens (including phenoxy) is 1. The molecular formula is C22H32Cl2N2O. The highest BCUT2D eigenvalue weighted by Crippen LogP contribution is 2.34. The molecule has 0 bridgehead atoms. The number of nitrogens with two attached hydrogens (primary N) is 1. The average molecular weight is 411 g/mol. The highest BCUT2D eigenvalue weighted by molar-refractivity contribution is 5.85. The maximum absolute atomic E-state index is 5.88. The predicted octanol–water partition coefficient (Wildman–Crippen LogP) is 5.11. The van der Waals surface area contributed by atoms with Gasteiger partial charge in [0.15, 0.2) is 0 Å². The normalized spacial score (nSPS) is 15.4. The molecule has 27 heavy (non-hydrogen) atoms. The van der Waals surface area contributed by atoms with E-state index in [0.717, 1.165) is 37.6 Å². The van der Waals surface area contributed by atoms with Crippen molar-refractivity contribution in [3.8, 4) is 5.75 Å². The number of hydrogen-bond acceptors (Lipinski definition) is 3. The molecule has 2 aromatic rings. The van der Waals surface area contributed by atoms with Crippen molar-refractivity contribution in [3.63, 3.8) is 0 Å². The van der Waals surface area contributed by atoms with E-state index < -0.39 is 0 Å². The van der Waals surface area contributed by atoms with Gasteiger partial charge in [0.1, 0.15) is 5.75 Å². The quantitative estimate of drug-likeness (QED) is 0.644. The summed E-state index contributed by atoms with van der Waals surface area (Å²) in [6.45, 7) is 4.95. The Labute approximate surface area is 176 Å². The lowest BCUT2D eigenvalue weighted by Crippen LogP contribution is -2.28. The van der Waals surface area contributed by atoms with Crippen molar-refractivity contribution < 1.29 is 4.74 Å². The molecule has 0 fully saturated rings. The summed E-state index contributed by atoms with van der Waals surface area (Å²) in [5.74, 6) is 1.64. The minimum atomic E-state index is 0. The van der Waals surface area contributed by atoms with E-state index >= 15 is 0 Å². The third kappa shape index (κ3) is 6.60. The summed E-state index contributed by atoms with van der Waals surface area (Å²) in [6.07, 6.45) is 4.78. The molecule has 0 radical (unpaired) electrons. The molecule has 0 heterocycles. The molecule has 1 aliphatic rings. The van der Waals surface area contributed by atoms with Gasteiger partial charge in [-0.05, 0) is 86.5 Å². The zero-order valence-electron chi connectivity index (χ0n) is 16.3. The van der Waals surface area contributed by atoms with Crippen LogP contribution in [0.15, 0.2) is 42.5 Å². The number of hydrogen-bond donors (Lipinski definition) is 1. The molecule has 0 saturated carbocycles. The molecule has 1 atom stereocenters. The van der Waals surface area contributed by atoms with Crippen molar-refractivity contribution in [2.45, 2.75) is 38.5 Å². The van der Waals surface area contributed by atoms with E-state index in [1.165, 1.54) is 36.0 Å². The fourth-order valence-electron chi connectivity index (χ4n) is 3.87. The number of likely N-dealkylation sites (N-methyl/N-ethyl adjacent to an activating group) is 1. The van der Waals surface area contributed by atoms with E-state index in [4.69, 9.17) is 10.5 Å². The van der Waals surface area contributed by atoms with Crippen LogP contribution in [0.25, 0.3) is 0 Å². The van der Waals surface area contributed by atoms with Crippen molar-refractivity contribution in [1.29, 1.82) is 0 Å². The van der Waals surface area contributed by atoms with Crippen LogP contribution in [0.5, 0.6) is 5.75 Å². The van der Waals surface area contributed by atoms with Crippen molar-refractivity contribution in [2.75, 3.05) is 32.5 Å². The third-order valence-corrected chi connectivity index (χ3v) is 5.13. The van der Waals surface area contributed by atoms with Crippen LogP contribution in [-0.2, 0) is 12.8 Å². The lowest BCUT2D eigenvalue weighted by atomic mass is 9.82. The van der Waals surface area contributed by atoms with Gasteiger partial charge < -0.3 is 15.4 Å². The molecule has 0 amide bonds. The zero-order valence-corrected chi connectivity index (χ0v) is 18.0. The second-order valence-electron chi connectivity index (χ2n) is 7.14. The predicted molar refractivity (Wildman–Crippen MR) is 120 cm³/mol. The molecule has 2 aromatic carbocycles. The van der Waals surface area contributed by atoms with Crippen molar-refractivity contribution in [2.24, 2.45) is 0 Å². The number of rotatable bonds is 7. The first-order chi connectivity index (χ1) is 12.2. The molecule has 3 rings (SSSR count). The highest BCUT2D eigenvalue weighted by Gasteiger charge is 2.21. The molecule has 3 nitrogen and oxygen atoms in total. The molecule has 0 spiro atoms. The van der Waals surface area contributed by atoms with Crippen LogP contribution in [0.4, 0.5) is 5.69 Å². The Hall–Kier alpha value is -1.42. The van der Waals surface area contributed by atoms with Gasteiger partial charge in [0.2, 0.25) is 0 Å². The maximum Gasteiger partial charge on any atom is 0.119 e. The number of benzene rings is 2. The summed E-state index contributed by atoms with van der Waals surface area (Å²) >= 11 is 0. The van der Waals surface area contributed by atoms with Crippen LogP contribution in [0.1, 0.15) is 42.4 Å². The molecule has 0 aliphatic heterocycles. The van der Waals surface area contributed by atoms with Crippen molar-refractivity contribution in [3.05, 3.63) is 59.2 Å². The lowest BCUT2D eigenvalue weighted by molar-refractivity contribution is 0.300. The standard InChI is InChI=1S/C22H30N2O.2ClH/c1-3-25-21-10-11-22-18(15-21)7-5-8-19(22)16-24(2)13-12-17-6-4-9-20(23)14-17;;/h4,6,9-11,14-15,19H,3,5,7-8,12-13,16,23H2,1-2H3;2*1H. The molecule has 1 aliphatic carbocycles. The molecule has 1 unspecified atom stereocenters. The van der Waals surface area contributed by atoms with Gasteiger partial charge in [-0.15, -0.1) is 24.8 Å². The van der Waals surface area contributed by atoms with Gasteiger partial charge in [-0.1, -0.05) is 18.2 Å². The van der Waals surface area contributed by atoms with Gasteiger partial charge in [0.05, 0.1) is 6.61 Å². The molecule has 150 valence electrons. The number of halogens is 2. The number of nitrogens with zero attached hydrogens (tertiary/aromatic N) is 1. The molecule has 2 N–H and O–H groups in total. The topological polar surface area (TPSA) is 38.5 Å². The molecule has 5 heteroatoms. The van der Waals surface area contributed by atoms with Gasteiger partial charge in [0, 0.05) is 18.8 Å². The summed E-state index contributed by atoms with van der Waals surface area (Å²) in [7, 11) is 2.23. The summed E-state index contributed by atoms with van der Waals surface area (Å²) in [5, 5.41) is 0. The summed E-state index contributed by atoms with van der Waals surface area (Å²) in [6, 6.07) is 14.9. The summed E-state index contributed by atoms with van der Waals surface area (Å²) in [4.78, 5) is 2.46. The zero-order chi connectivity index (χ0) is 17.6. The number of fused-ring (bicyclic) bond motifs is 1. The summed E-state index contributed by atoms with van der Waals surface area (Å²) < 4.78 is 5.66. The fourth-order valence-corrected chi connectivity index (χ4v) is 3.87. The van der Waals surface area contributed by atoms with Crippen LogP contribution in [0.3, 0.4) is 0 Å². The fraction of sp³-hybridized carbons (Fsp3) is 0.455. The van der Waals surface area contributed by atoms with Crippen LogP contribution in [0.2, 0.25) is 0 Å². The van der Waals surface area contributed by atoms with Gasteiger partial charge in [-0.3, -0.25) is 0 Å². The van der Waals surface area contributed by atoms with Gasteiger partial charge in [-0.2, -0.15) is 0 Å². The molecule has 0 aromatic heterocycles. The van der Waals surface area contributed by atoms with Crippen molar-refractivity contribution >= 4 is 30.5 Å². The van der Waals surface area contributed by atoms with E-state index in [1.807, 2.05) is 19.1 Å². The first-order valence-corrected chi connectivity index (χ1v) is 9.44. The Balaban J connectivity index is 0.00000182. The minimum Gasteiger partial charge on any atom is -0.494 e. The van der Waals surface area contributed by atoms with E-state index in [0.29, 0.717) is 5.92 Å². The lowest BCUT2D eigenvalue weighted by Gasteiger charge is -2.30. The number of aryl methyl sites for hydroxylation is 1.